The summed E-state index contributed by atoms with van der Waals surface area (Å²) in [6, 6.07) is 3.42. The highest BCUT2D eigenvalue weighted by molar-refractivity contribution is 5.92. The third-order valence-electron chi connectivity index (χ3n) is 4.69. The molecule has 2 aromatic rings. The Morgan fingerprint density at radius 2 is 1.93 bits per heavy atom. The molecule has 1 aliphatic heterocycles. The monoisotopic (exact) mass is 401 g/mol. The third-order valence-corrected chi connectivity index (χ3v) is 4.69. The summed E-state index contributed by atoms with van der Waals surface area (Å²) in [4.78, 5) is 32.2. The number of rotatable bonds is 6. The lowest BCUT2D eigenvalue weighted by atomic mass is 10.2. The summed E-state index contributed by atoms with van der Waals surface area (Å²) in [5.41, 5.74) is 2.32. The topological polar surface area (TPSA) is 120 Å². The molecule has 156 valence electrons. The summed E-state index contributed by atoms with van der Waals surface area (Å²) in [7, 11) is 1.60. The molecule has 0 aromatic carbocycles. The maximum Gasteiger partial charge on any atom is 0.320 e. The van der Waals surface area contributed by atoms with Gasteiger partial charge in [-0.15, -0.1) is 5.10 Å². The second-order valence-electron chi connectivity index (χ2n) is 6.75. The van der Waals surface area contributed by atoms with Crippen LogP contribution in [0.15, 0.2) is 18.3 Å². The molecule has 1 aliphatic rings. The quantitative estimate of drug-likeness (QED) is 0.635. The van der Waals surface area contributed by atoms with Gasteiger partial charge in [0.2, 0.25) is 0 Å². The lowest BCUT2D eigenvalue weighted by Crippen LogP contribution is -2.47. The van der Waals surface area contributed by atoms with Crippen LogP contribution < -0.4 is 20.9 Å². The molecule has 3 amide bonds. The predicted molar refractivity (Wildman–Crippen MR) is 109 cm³/mol. The largest absolute Gasteiger partial charge is 0.368 e. The first-order chi connectivity index (χ1) is 14.0. The molecule has 29 heavy (non-hydrogen) atoms. The number of hydrogen-bond donors (Lipinski definition) is 3. The summed E-state index contributed by atoms with van der Waals surface area (Å²) in [6.07, 6.45) is 1.72. The highest BCUT2D eigenvalue weighted by Gasteiger charge is 2.20. The van der Waals surface area contributed by atoms with E-state index in [1.165, 1.54) is 0 Å². The number of nitrogens with zero attached hydrogens (tertiary/aromatic N) is 6. The van der Waals surface area contributed by atoms with Crippen molar-refractivity contribution in [3.63, 3.8) is 0 Å². The van der Waals surface area contributed by atoms with Crippen molar-refractivity contribution in [3.8, 4) is 0 Å². The molecule has 0 aliphatic carbocycles. The maximum atomic E-state index is 11.7. The Balaban J connectivity index is 1.53. The van der Waals surface area contributed by atoms with Gasteiger partial charge in [0.25, 0.3) is 5.91 Å². The van der Waals surface area contributed by atoms with E-state index in [9.17, 15) is 9.59 Å². The average molecular weight is 401 g/mol. The molecule has 0 bridgehead atoms. The van der Waals surface area contributed by atoms with E-state index < -0.39 is 0 Å². The highest BCUT2D eigenvalue weighted by atomic mass is 16.2. The second-order valence-corrected chi connectivity index (χ2v) is 6.75. The van der Waals surface area contributed by atoms with E-state index in [2.05, 4.69) is 41.0 Å². The second kappa shape index (κ2) is 9.32. The molecule has 0 unspecified atom stereocenters. The number of anilines is 2. The Hall–Kier alpha value is -3.21. The molecule has 1 fully saturated rings. The molecule has 2 aromatic heterocycles. The lowest BCUT2D eigenvalue weighted by Gasteiger charge is -2.36. The first-order valence-corrected chi connectivity index (χ1v) is 9.62. The number of urea groups is 1. The number of aromatic nitrogens is 4. The minimum absolute atomic E-state index is 0.182. The molecule has 0 atom stereocenters. The Labute approximate surface area is 169 Å². The van der Waals surface area contributed by atoms with E-state index in [0.29, 0.717) is 24.7 Å². The van der Waals surface area contributed by atoms with Gasteiger partial charge in [0.05, 0.1) is 24.2 Å². The molecular formula is C18H27N9O2. The Morgan fingerprint density at radius 3 is 2.59 bits per heavy atom. The molecule has 11 heteroatoms. The van der Waals surface area contributed by atoms with E-state index >= 15 is 0 Å². The molecular weight excluding hydrogens is 374 g/mol. The van der Waals surface area contributed by atoms with Gasteiger partial charge in [-0.05, 0) is 26.0 Å². The van der Waals surface area contributed by atoms with Crippen LogP contribution in [0, 0.1) is 6.92 Å². The van der Waals surface area contributed by atoms with Crippen LogP contribution in [0.2, 0.25) is 0 Å². The number of aryl methyl sites for hydroxylation is 1. The van der Waals surface area contributed by atoms with Gasteiger partial charge in [-0.25, -0.2) is 14.5 Å². The Morgan fingerprint density at radius 1 is 1.17 bits per heavy atom. The molecule has 3 N–H and O–H groups in total. The standard InChI is InChI=1S/C18H27N9O2/c1-4-20-18(29)22-16-11-27(24-23-16)12-25-7-9-26(10-8-25)15-6-5-14(17(28)19-3)21-13(15)2/h5-6,11H,4,7-10,12H2,1-3H3,(H,19,28)(H2,20,22,29). The molecule has 0 spiro atoms. The van der Waals surface area contributed by atoms with Crippen molar-refractivity contribution in [2.75, 3.05) is 50.0 Å². The fraction of sp³-hybridized carbons (Fsp3) is 0.500. The molecule has 0 radical (unpaired) electrons. The van der Waals surface area contributed by atoms with Gasteiger partial charge in [0.15, 0.2) is 5.82 Å². The van der Waals surface area contributed by atoms with Gasteiger partial charge in [-0.1, -0.05) is 5.21 Å². The van der Waals surface area contributed by atoms with Crippen LogP contribution in [0.4, 0.5) is 16.3 Å². The molecule has 3 heterocycles. The summed E-state index contributed by atoms with van der Waals surface area (Å²) in [5.74, 6) is 0.242. The van der Waals surface area contributed by atoms with Crippen LogP contribution in [-0.2, 0) is 6.67 Å². The van der Waals surface area contributed by atoms with Gasteiger partial charge in [-0.2, -0.15) is 0 Å². The van der Waals surface area contributed by atoms with Crippen molar-refractivity contribution in [1.82, 2.24) is 35.5 Å². The van der Waals surface area contributed by atoms with Crippen molar-refractivity contribution in [2.24, 2.45) is 0 Å². The van der Waals surface area contributed by atoms with Crippen molar-refractivity contribution >= 4 is 23.4 Å². The first-order valence-electron chi connectivity index (χ1n) is 9.62. The van der Waals surface area contributed by atoms with Crippen LogP contribution >= 0.6 is 0 Å². The maximum absolute atomic E-state index is 11.7. The molecule has 3 rings (SSSR count). The number of nitrogens with one attached hydrogen (secondary N) is 3. The van der Waals surface area contributed by atoms with Crippen molar-refractivity contribution in [2.45, 2.75) is 20.5 Å². The summed E-state index contributed by atoms with van der Waals surface area (Å²) < 4.78 is 1.71. The fourth-order valence-corrected chi connectivity index (χ4v) is 3.22. The number of pyridine rings is 1. The van der Waals surface area contributed by atoms with Gasteiger partial charge in [-0.3, -0.25) is 15.0 Å². The van der Waals surface area contributed by atoms with Crippen molar-refractivity contribution in [1.29, 1.82) is 0 Å². The zero-order valence-corrected chi connectivity index (χ0v) is 17.0. The van der Waals surface area contributed by atoms with E-state index in [4.69, 9.17) is 0 Å². The van der Waals surface area contributed by atoms with Gasteiger partial charge in [0.1, 0.15) is 5.69 Å². The summed E-state index contributed by atoms with van der Waals surface area (Å²) in [5, 5.41) is 15.9. The predicted octanol–water partition coefficient (Wildman–Crippen LogP) is 0.262. The zero-order valence-electron chi connectivity index (χ0n) is 17.0. The van der Waals surface area contributed by atoms with Crippen LogP contribution in [0.25, 0.3) is 0 Å². The zero-order chi connectivity index (χ0) is 20.8. The number of piperazine rings is 1. The highest BCUT2D eigenvalue weighted by Crippen LogP contribution is 2.20. The minimum Gasteiger partial charge on any atom is -0.368 e. The van der Waals surface area contributed by atoms with E-state index in [0.717, 1.165) is 37.6 Å². The Kier molecular flexibility index (Phi) is 6.60. The van der Waals surface area contributed by atoms with Crippen LogP contribution in [0.5, 0.6) is 0 Å². The first kappa shape index (κ1) is 20.5. The average Bonchev–Trinajstić information content (AvgIpc) is 3.14. The lowest BCUT2D eigenvalue weighted by molar-refractivity contribution is 0.0958. The van der Waals surface area contributed by atoms with E-state index in [1.54, 1.807) is 24.0 Å². The normalized spacial score (nSPS) is 14.5. The van der Waals surface area contributed by atoms with E-state index in [-0.39, 0.29) is 11.9 Å². The van der Waals surface area contributed by atoms with Crippen molar-refractivity contribution < 1.29 is 9.59 Å². The number of carbonyl (C=O) groups is 2. The smallest absolute Gasteiger partial charge is 0.320 e. The summed E-state index contributed by atoms with van der Waals surface area (Å²) >= 11 is 0. The molecule has 0 saturated carbocycles. The number of hydrogen-bond acceptors (Lipinski definition) is 7. The van der Waals surface area contributed by atoms with Crippen LogP contribution in [0.1, 0.15) is 23.1 Å². The number of carbonyl (C=O) groups excluding carboxylic acids is 2. The molecule has 11 nitrogen and oxygen atoms in total. The van der Waals surface area contributed by atoms with Gasteiger partial charge in [0, 0.05) is 39.8 Å². The number of amides is 3. The fourth-order valence-electron chi connectivity index (χ4n) is 3.22. The van der Waals surface area contributed by atoms with Crippen molar-refractivity contribution in [3.05, 3.63) is 29.7 Å². The van der Waals surface area contributed by atoms with Crippen LogP contribution in [-0.4, -0.2) is 76.6 Å². The van der Waals surface area contributed by atoms with E-state index in [1.807, 2.05) is 19.9 Å². The van der Waals surface area contributed by atoms with Crippen LogP contribution in [0.3, 0.4) is 0 Å². The minimum atomic E-state index is -0.292. The molecule has 1 saturated heterocycles. The SMILES string of the molecule is CCNC(=O)Nc1cn(CN2CCN(c3ccc(C(=O)NC)nc3C)CC2)nn1. The third kappa shape index (κ3) is 5.19. The Bertz CT molecular complexity index is 859. The summed E-state index contributed by atoms with van der Waals surface area (Å²) in [6.45, 7) is 8.33. The van der Waals surface area contributed by atoms with Gasteiger partial charge >= 0.3 is 6.03 Å². The van der Waals surface area contributed by atoms with Gasteiger partial charge < -0.3 is 15.5 Å².